The monoisotopic (exact) mass is 197 g/mol. The molecule has 0 aromatic carbocycles. The molecule has 0 amide bonds. The maximum atomic E-state index is 5.68. The molecule has 3 nitrogen and oxygen atoms in total. The minimum absolute atomic E-state index is 0.388. The van der Waals surface area contributed by atoms with Gasteiger partial charge in [-0.05, 0) is 31.7 Å². The van der Waals surface area contributed by atoms with Crippen LogP contribution in [0.15, 0.2) is 5.38 Å². The van der Waals surface area contributed by atoms with Gasteiger partial charge in [-0.2, -0.15) is 0 Å². The third kappa shape index (κ3) is 2.00. The molecule has 0 aliphatic heterocycles. The third-order valence-electron chi connectivity index (χ3n) is 2.62. The molecule has 1 aliphatic rings. The SMILES string of the molecule is Cc1csc(NCC2(CN)CC2)n1. The molecule has 72 valence electrons. The minimum atomic E-state index is 0.388. The van der Waals surface area contributed by atoms with E-state index in [1.165, 1.54) is 12.8 Å². The lowest BCUT2D eigenvalue weighted by molar-refractivity contribution is 0.555. The van der Waals surface area contributed by atoms with E-state index in [1.807, 2.05) is 6.92 Å². The number of rotatable bonds is 4. The average Bonchev–Trinajstić information content (AvgIpc) is 2.81. The summed E-state index contributed by atoms with van der Waals surface area (Å²) in [5.74, 6) is 0. The first-order valence-corrected chi connectivity index (χ1v) is 5.48. The van der Waals surface area contributed by atoms with Gasteiger partial charge < -0.3 is 11.1 Å². The van der Waals surface area contributed by atoms with Gasteiger partial charge in [0.25, 0.3) is 0 Å². The number of nitrogens with one attached hydrogen (secondary N) is 1. The van der Waals surface area contributed by atoms with Gasteiger partial charge in [0.1, 0.15) is 0 Å². The molecule has 0 unspecified atom stereocenters. The van der Waals surface area contributed by atoms with Crippen LogP contribution in [0.2, 0.25) is 0 Å². The van der Waals surface area contributed by atoms with Gasteiger partial charge in [0.15, 0.2) is 5.13 Å². The highest BCUT2D eigenvalue weighted by Gasteiger charge is 2.40. The summed E-state index contributed by atoms with van der Waals surface area (Å²) in [6.07, 6.45) is 2.53. The largest absolute Gasteiger partial charge is 0.361 e. The molecule has 1 aromatic rings. The number of hydrogen-bond donors (Lipinski definition) is 2. The first-order chi connectivity index (χ1) is 6.24. The Hall–Kier alpha value is -0.610. The standard InChI is InChI=1S/C9H15N3S/c1-7-4-13-8(12-7)11-6-9(5-10)2-3-9/h4H,2-3,5-6,10H2,1H3,(H,11,12). The smallest absolute Gasteiger partial charge is 0.182 e. The topological polar surface area (TPSA) is 50.9 Å². The van der Waals surface area contributed by atoms with Crippen LogP contribution in [-0.4, -0.2) is 18.1 Å². The van der Waals surface area contributed by atoms with Crippen LogP contribution < -0.4 is 11.1 Å². The van der Waals surface area contributed by atoms with Crippen LogP contribution in [0.1, 0.15) is 18.5 Å². The maximum Gasteiger partial charge on any atom is 0.182 e. The van der Waals surface area contributed by atoms with Crippen molar-refractivity contribution in [1.29, 1.82) is 0 Å². The highest BCUT2D eigenvalue weighted by molar-refractivity contribution is 7.13. The Kier molecular flexibility index (Phi) is 2.26. The van der Waals surface area contributed by atoms with Crippen LogP contribution in [-0.2, 0) is 0 Å². The maximum absolute atomic E-state index is 5.68. The molecule has 1 aliphatic carbocycles. The fraction of sp³-hybridized carbons (Fsp3) is 0.667. The summed E-state index contributed by atoms with van der Waals surface area (Å²) in [6, 6.07) is 0. The summed E-state index contributed by atoms with van der Waals surface area (Å²) >= 11 is 1.67. The Morgan fingerprint density at radius 1 is 1.69 bits per heavy atom. The average molecular weight is 197 g/mol. The highest BCUT2D eigenvalue weighted by atomic mass is 32.1. The second-order valence-electron chi connectivity index (χ2n) is 3.85. The van der Waals surface area contributed by atoms with Crippen molar-refractivity contribution in [3.63, 3.8) is 0 Å². The summed E-state index contributed by atoms with van der Waals surface area (Å²) < 4.78 is 0. The predicted molar refractivity (Wildman–Crippen MR) is 56.1 cm³/mol. The lowest BCUT2D eigenvalue weighted by Crippen LogP contribution is -2.24. The summed E-state index contributed by atoms with van der Waals surface area (Å²) in [4.78, 5) is 4.34. The molecule has 0 bridgehead atoms. The van der Waals surface area contributed by atoms with E-state index < -0.39 is 0 Å². The Balaban J connectivity index is 1.86. The van der Waals surface area contributed by atoms with E-state index in [1.54, 1.807) is 11.3 Å². The van der Waals surface area contributed by atoms with Gasteiger partial charge in [-0.25, -0.2) is 4.98 Å². The quantitative estimate of drug-likeness (QED) is 0.771. The van der Waals surface area contributed by atoms with Gasteiger partial charge in [-0.1, -0.05) is 0 Å². The number of aromatic nitrogens is 1. The molecule has 13 heavy (non-hydrogen) atoms. The third-order valence-corrected chi connectivity index (χ3v) is 3.54. The molecule has 0 saturated heterocycles. The summed E-state index contributed by atoms with van der Waals surface area (Å²) in [7, 11) is 0. The van der Waals surface area contributed by atoms with Crippen molar-refractivity contribution in [2.24, 2.45) is 11.1 Å². The second kappa shape index (κ2) is 3.27. The van der Waals surface area contributed by atoms with Crippen LogP contribution in [0.5, 0.6) is 0 Å². The van der Waals surface area contributed by atoms with Gasteiger partial charge in [-0.15, -0.1) is 11.3 Å². The van der Waals surface area contributed by atoms with E-state index in [9.17, 15) is 0 Å². The molecular formula is C9H15N3S. The van der Waals surface area contributed by atoms with Gasteiger partial charge >= 0.3 is 0 Å². The summed E-state index contributed by atoms with van der Waals surface area (Å²) in [5.41, 5.74) is 7.16. The van der Waals surface area contributed by atoms with E-state index in [4.69, 9.17) is 5.73 Å². The first kappa shape index (κ1) is 8.97. The van der Waals surface area contributed by atoms with E-state index >= 15 is 0 Å². The molecule has 0 radical (unpaired) electrons. The predicted octanol–water partition coefficient (Wildman–Crippen LogP) is 1.60. The lowest BCUT2D eigenvalue weighted by atomic mass is 10.1. The molecule has 3 N–H and O–H groups in total. The Labute approximate surface area is 82.4 Å². The number of thiazole rings is 1. The Morgan fingerprint density at radius 3 is 2.92 bits per heavy atom. The van der Waals surface area contributed by atoms with Crippen molar-refractivity contribution < 1.29 is 0 Å². The molecule has 0 spiro atoms. The first-order valence-electron chi connectivity index (χ1n) is 4.60. The zero-order valence-corrected chi connectivity index (χ0v) is 8.66. The minimum Gasteiger partial charge on any atom is -0.361 e. The fourth-order valence-corrected chi connectivity index (χ4v) is 2.02. The molecular weight excluding hydrogens is 182 g/mol. The van der Waals surface area contributed by atoms with Crippen molar-refractivity contribution >= 4 is 16.5 Å². The van der Waals surface area contributed by atoms with Crippen LogP contribution in [0.25, 0.3) is 0 Å². The van der Waals surface area contributed by atoms with Crippen LogP contribution >= 0.6 is 11.3 Å². The lowest BCUT2D eigenvalue weighted by Gasteiger charge is -2.11. The number of hydrogen-bond acceptors (Lipinski definition) is 4. The van der Waals surface area contributed by atoms with Gasteiger partial charge in [0.05, 0.1) is 5.69 Å². The van der Waals surface area contributed by atoms with E-state index in [0.29, 0.717) is 5.41 Å². The van der Waals surface area contributed by atoms with Crippen molar-refractivity contribution in [2.45, 2.75) is 19.8 Å². The number of aryl methyl sites for hydroxylation is 1. The zero-order chi connectivity index (χ0) is 9.31. The Morgan fingerprint density at radius 2 is 2.46 bits per heavy atom. The second-order valence-corrected chi connectivity index (χ2v) is 4.71. The number of nitrogens with two attached hydrogens (primary N) is 1. The van der Waals surface area contributed by atoms with E-state index in [0.717, 1.165) is 23.9 Å². The van der Waals surface area contributed by atoms with Crippen molar-refractivity contribution in [3.05, 3.63) is 11.1 Å². The molecule has 1 fully saturated rings. The van der Waals surface area contributed by atoms with E-state index in [-0.39, 0.29) is 0 Å². The van der Waals surface area contributed by atoms with Crippen molar-refractivity contribution in [2.75, 3.05) is 18.4 Å². The fourth-order valence-electron chi connectivity index (χ4n) is 1.33. The van der Waals surface area contributed by atoms with Crippen molar-refractivity contribution in [1.82, 2.24) is 4.98 Å². The molecule has 4 heteroatoms. The highest BCUT2D eigenvalue weighted by Crippen LogP contribution is 2.44. The molecule has 1 saturated carbocycles. The normalized spacial score (nSPS) is 18.6. The van der Waals surface area contributed by atoms with Crippen LogP contribution in [0.4, 0.5) is 5.13 Å². The molecule has 0 atom stereocenters. The van der Waals surface area contributed by atoms with Crippen molar-refractivity contribution in [3.8, 4) is 0 Å². The van der Waals surface area contributed by atoms with Gasteiger partial charge in [0.2, 0.25) is 0 Å². The van der Waals surface area contributed by atoms with Crippen LogP contribution in [0.3, 0.4) is 0 Å². The molecule has 1 aromatic heterocycles. The van der Waals surface area contributed by atoms with Gasteiger partial charge in [0, 0.05) is 11.9 Å². The number of nitrogens with zero attached hydrogens (tertiary/aromatic N) is 1. The van der Waals surface area contributed by atoms with Crippen LogP contribution in [0, 0.1) is 12.3 Å². The van der Waals surface area contributed by atoms with E-state index in [2.05, 4.69) is 15.7 Å². The zero-order valence-electron chi connectivity index (χ0n) is 7.84. The van der Waals surface area contributed by atoms with Gasteiger partial charge in [-0.3, -0.25) is 0 Å². The number of anilines is 1. The summed E-state index contributed by atoms with van der Waals surface area (Å²) in [6.45, 7) is 3.79. The molecule has 2 rings (SSSR count). The molecule has 1 heterocycles. The Bertz CT molecular complexity index is 291. The summed E-state index contributed by atoms with van der Waals surface area (Å²) in [5, 5.41) is 6.43.